The third kappa shape index (κ3) is 2.80. The van der Waals surface area contributed by atoms with Gasteiger partial charge in [-0.15, -0.1) is 15.0 Å². The monoisotopic (exact) mass is 270 g/mol. The second-order valence-electron chi connectivity index (χ2n) is 3.49. The zero-order valence-corrected chi connectivity index (χ0v) is 9.80. The summed E-state index contributed by atoms with van der Waals surface area (Å²) in [6, 6.07) is 4.00. The molecule has 0 unspecified atom stereocenters. The molecule has 0 aliphatic heterocycles. The maximum Gasteiger partial charge on any atom is 0.303 e. The summed E-state index contributed by atoms with van der Waals surface area (Å²) in [6.07, 6.45) is 0.111. The lowest BCUT2D eigenvalue weighted by Crippen LogP contribution is -2.01. The Morgan fingerprint density at radius 1 is 1.50 bits per heavy atom. The number of carboxylic acid groups (broad SMARTS) is 1. The van der Waals surface area contributed by atoms with Crippen LogP contribution in [0.3, 0.4) is 0 Å². The average Bonchev–Trinajstić information content (AvgIpc) is 2.79. The van der Waals surface area contributed by atoms with Gasteiger partial charge in [-0.05, 0) is 23.4 Å². The highest BCUT2D eigenvalue weighted by Gasteiger charge is 2.08. The summed E-state index contributed by atoms with van der Waals surface area (Å²) in [6.45, 7) is 0. The molecule has 0 atom stereocenters. The van der Waals surface area contributed by atoms with E-state index in [9.17, 15) is 9.18 Å². The van der Waals surface area contributed by atoms with Gasteiger partial charge >= 0.3 is 5.97 Å². The number of aliphatic carboxylic acids is 1. The van der Waals surface area contributed by atoms with E-state index in [2.05, 4.69) is 15.4 Å². The molecule has 0 aliphatic carbocycles. The van der Waals surface area contributed by atoms with Crippen LogP contribution in [0.25, 0.3) is 5.69 Å². The van der Waals surface area contributed by atoms with Crippen molar-refractivity contribution in [1.29, 1.82) is 0 Å². The first-order valence-corrected chi connectivity index (χ1v) is 5.40. The summed E-state index contributed by atoms with van der Waals surface area (Å²) in [5.74, 6) is -1.17. The molecule has 0 aliphatic rings. The number of tetrazole rings is 1. The minimum atomic E-state index is -0.934. The van der Waals surface area contributed by atoms with Crippen LogP contribution in [0.5, 0.6) is 0 Å². The predicted octanol–water partition coefficient (Wildman–Crippen LogP) is 1.47. The van der Waals surface area contributed by atoms with Gasteiger partial charge in [0.1, 0.15) is 5.82 Å². The Bertz CT molecular complexity index is 587. The predicted molar refractivity (Wildman–Crippen MR) is 60.1 cm³/mol. The number of carboxylic acids is 1. The van der Waals surface area contributed by atoms with Crippen LogP contribution in [0.2, 0.25) is 5.02 Å². The number of aryl methyl sites for hydroxylation is 1. The van der Waals surface area contributed by atoms with Crippen molar-refractivity contribution in [3.05, 3.63) is 34.9 Å². The van der Waals surface area contributed by atoms with E-state index in [4.69, 9.17) is 16.7 Å². The number of hydrogen-bond donors (Lipinski definition) is 1. The smallest absolute Gasteiger partial charge is 0.303 e. The van der Waals surface area contributed by atoms with Gasteiger partial charge in [-0.25, -0.2) is 4.39 Å². The fourth-order valence-electron chi connectivity index (χ4n) is 1.28. The van der Waals surface area contributed by atoms with Crippen molar-refractivity contribution in [3.8, 4) is 5.69 Å². The number of carbonyl (C=O) groups is 1. The Morgan fingerprint density at radius 3 is 2.94 bits per heavy atom. The molecule has 1 heterocycles. The molecule has 0 saturated carbocycles. The molecule has 0 bridgehead atoms. The maximum atomic E-state index is 13.0. The van der Waals surface area contributed by atoms with Crippen molar-refractivity contribution in [1.82, 2.24) is 20.2 Å². The molecule has 0 amide bonds. The summed E-state index contributed by atoms with van der Waals surface area (Å²) in [5, 5.41) is 19.9. The SMILES string of the molecule is O=C(O)CCc1nnn(-c2ccc(F)c(Cl)c2)n1. The summed E-state index contributed by atoms with van der Waals surface area (Å²) >= 11 is 5.63. The van der Waals surface area contributed by atoms with Gasteiger partial charge < -0.3 is 5.11 Å². The Balaban J connectivity index is 2.18. The third-order valence-electron chi connectivity index (χ3n) is 2.15. The van der Waals surface area contributed by atoms with Gasteiger partial charge in [-0.2, -0.15) is 0 Å². The average molecular weight is 271 g/mol. The van der Waals surface area contributed by atoms with E-state index in [-0.39, 0.29) is 17.9 Å². The number of aromatic nitrogens is 4. The summed E-state index contributed by atoms with van der Waals surface area (Å²) in [4.78, 5) is 11.6. The maximum absolute atomic E-state index is 13.0. The zero-order chi connectivity index (χ0) is 13.1. The van der Waals surface area contributed by atoms with Crippen LogP contribution < -0.4 is 0 Å². The Morgan fingerprint density at radius 2 is 2.28 bits per heavy atom. The van der Waals surface area contributed by atoms with E-state index < -0.39 is 11.8 Å². The standard InChI is InChI=1S/C10H8ClFN4O2/c11-7-5-6(1-2-8(7)12)16-14-9(13-15-16)3-4-10(17)18/h1-2,5H,3-4H2,(H,17,18). The molecule has 0 saturated heterocycles. The van der Waals surface area contributed by atoms with Crippen molar-refractivity contribution >= 4 is 17.6 Å². The molecule has 18 heavy (non-hydrogen) atoms. The number of nitrogens with zero attached hydrogens (tertiary/aromatic N) is 4. The highest BCUT2D eigenvalue weighted by molar-refractivity contribution is 6.30. The van der Waals surface area contributed by atoms with Crippen molar-refractivity contribution in [3.63, 3.8) is 0 Å². The lowest BCUT2D eigenvalue weighted by atomic mass is 10.3. The van der Waals surface area contributed by atoms with Crippen LogP contribution in [0.15, 0.2) is 18.2 Å². The number of benzene rings is 1. The molecule has 2 aromatic rings. The van der Waals surface area contributed by atoms with Crippen LogP contribution in [-0.4, -0.2) is 31.3 Å². The largest absolute Gasteiger partial charge is 0.481 e. The second-order valence-corrected chi connectivity index (χ2v) is 3.89. The van der Waals surface area contributed by atoms with Crippen molar-refractivity contribution in [2.75, 3.05) is 0 Å². The minimum absolute atomic E-state index is 0.0446. The van der Waals surface area contributed by atoms with Crippen LogP contribution >= 0.6 is 11.6 Å². The minimum Gasteiger partial charge on any atom is -0.481 e. The number of hydrogen-bond acceptors (Lipinski definition) is 4. The molecule has 1 aromatic heterocycles. The lowest BCUT2D eigenvalue weighted by Gasteiger charge is -1.99. The lowest BCUT2D eigenvalue weighted by molar-refractivity contribution is -0.137. The van der Waals surface area contributed by atoms with Gasteiger partial charge in [0, 0.05) is 6.42 Å². The quantitative estimate of drug-likeness (QED) is 0.910. The molecule has 0 fully saturated rings. The normalized spacial score (nSPS) is 10.6. The fourth-order valence-corrected chi connectivity index (χ4v) is 1.46. The van der Waals surface area contributed by atoms with E-state index in [1.807, 2.05) is 0 Å². The third-order valence-corrected chi connectivity index (χ3v) is 2.44. The first-order valence-electron chi connectivity index (χ1n) is 5.02. The summed E-state index contributed by atoms with van der Waals surface area (Å²) < 4.78 is 13.0. The van der Waals surface area contributed by atoms with E-state index in [0.29, 0.717) is 11.5 Å². The van der Waals surface area contributed by atoms with E-state index in [0.717, 1.165) is 0 Å². The van der Waals surface area contributed by atoms with Gasteiger partial charge in [0.25, 0.3) is 0 Å². The first kappa shape index (κ1) is 12.4. The molecule has 6 nitrogen and oxygen atoms in total. The van der Waals surface area contributed by atoms with Gasteiger partial charge in [0.05, 0.1) is 17.1 Å². The topological polar surface area (TPSA) is 80.9 Å². The number of halogens is 2. The molecule has 2 rings (SSSR count). The van der Waals surface area contributed by atoms with Gasteiger partial charge in [-0.3, -0.25) is 4.79 Å². The van der Waals surface area contributed by atoms with E-state index >= 15 is 0 Å². The molecule has 1 aromatic carbocycles. The summed E-state index contributed by atoms with van der Waals surface area (Å²) in [7, 11) is 0. The first-order chi connectivity index (χ1) is 8.56. The van der Waals surface area contributed by atoms with Gasteiger partial charge in [-0.1, -0.05) is 11.6 Å². The van der Waals surface area contributed by atoms with Gasteiger partial charge in [0.2, 0.25) is 0 Å². The molecule has 94 valence electrons. The van der Waals surface area contributed by atoms with E-state index in [1.54, 1.807) is 0 Å². The molecule has 1 N–H and O–H groups in total. The van der Waals surface area contributed by atoms with Crippen LogP contribution in [0, 0.1) is 5.82 Å². The molecular formula is C10H8ClFN4O2. The second kappa shape index (κ2) is 5.09. The van der Waals surface area contributed by atoms with Crippen molar-refractivity contribution in [2.24, 2.45) is 0 Å². The fraction of sp³-hybridized carbons (Fsp3) is 0.200. The molecular weight excluding hydrogens is 263 g/mol. The zero-order valence-electron chi connectivity index (χ0n) is 9.05. The Hall–Kier alpha value is -2.02. The highest BCUT2D eigenvalue weighted by Crippen LogP contribution is 2.17. The van der Waals surface area contributed by atoms with Crippen molar-refractivity contribution in [2.45, 2.75) is 12.8 Å². The summed E-state index contributed by atoms with van der Waals surface area (Å²) in [5.41, 5.74) is 0.454. The van der Waals surface area contributed by atoms with Crippen LogP contribution in [0.4, 0.5) is 4.39 Å². The molecule has 8 heteroatoms. The van der Waals surface area contributed by atoms with Gasteiger partial charge in [0.15, 0.2) is 5.82 Å². The Labute approximate surface area is 106 Å². The van der Waals surface area contributed by atoms with E-state index in [1.165, 1.54) is 23.0 Å². The molecule has 0 radical (unpaired) electrons. The Kier molecular flexibility index (Phi) is 3.52. The number of rotatable bonds is 4. The van der Waals surface area contributed by atoms with Crippen molar-refractivity contribution < 1.29 is 14.3 Å². The van der Waals surface area contributed by atoms with Crippen LogP contribution in [0.1, 0.15) is 12.2 Å². The molecule has 0 spiro atoms. The highest BCUT2D eigenvalue weighted by atomic mass is 35.5. The van der Waals surface area contributed by atoms with Crippen LogP contribution in [-0.2, 0) is 11.2 Å².